The van der Waals surface area contributed by atoms with Gasteiger partial charge in [-0.3, -0.25) is 0 Å². The smallest absolute Gasteiger partial charge is 0.178 e. The molecule has 2 aliphatic heterocycles. The molecule has 0 bridgehead atoms. The Morgan fingerprint density at radius 2 is 1.83 bits per heavy atom. The fourth-order valence-electron chi connectivity index (χ4n) is 2.83. The zero-order valence-electron chi connectivity index (χ0n) is 10.2. The highest BCUT2D eigenvalue weighted by Crippen LogP contribution is 2.36. The molecule has 18 heavy (non-hydrogen) atoms. The lowest BCUT2D eigenvalue weighted by Gasteiger charge is -2.22. The maximum Gasteiger partial charge on any atom is 0.178 e. The molecule has 0 aromatic heterocycles. The van der Waals surface area contributed by atoms with Crippen LogP contribution >= 0.6 is 22.9 Å². The summed E-state index contributed by atoms with van der Waals surface area (Å²) in [5, 5.41) is 0. The largest absolute Gasteiger partial charge is 0.314 e. The second-order valence-electron chi connectivity index (χ2n) is 5.05. The molecular formula is C13H16INO2S. The zero-order chi connectivity index (χ0) is 12.8. The van der Waals surface area contributed by atoms with E-state index in [9.17, 15) is 8.42 Å². The van der Waals surface area contributed by atoms with Crippen molar-refractivity contribution in [3.05, 3.63) is 23.3 Å². The Labute approximate surface area is 122 Å². The second-order valence-corrected chi connectivity index (χ2v) is 8.30. The van der Waals surface area contributed by atoms with Crippen molar-refractivity contribution in [2.24, 2.45) is 0 Å². The van der Waals surface area contributed by atoms with Crippen LogP contribution in [0.25, 0.3) is 0 Å². The molecule has 5 heteroatoms. The number of halogens is 1. The molecule has 3 nitrogen and oxygen atoms in total. The summed E-state index contributed by atoms with van der Waals surface area (Å²) in [6, 6.07) is 4.05. The molecule has 0 radical (unpaired) electrons. The predicted octanol–water partition coefficient (Wildman–Crippen LogP) is 2.90. The summed E-state index contributed by atoms with van der Waals surface area (Å²) >= 11 is 2.30. The highest BCUT2D eigenvalue weighted by molar-refractivity contribution is 14.1. The van der Waals surface area contributed by atoms with Gasteiger partial charge in [-0.25, -0.2) is 8.42 Å². The van der Waals surface area contributed by atoms with Crippen LogP contribution < -0.4 is 3.11 Å². The highest BCUT2D eigenvalue weighted by Gasteiger charge is 2.26. The first-order chi connectivity index (χ1) is 8.58. The number of aryl methyl sites for hydroxylation is 2. The van der Waals surface area contributed by atoms with E-state index in [0.717, 1.165) is 37.1 Å². The third-order valence-electron chi connectivity index (χ3n) is 3.77. The molecule has 1 aromatic carbocycles. The van der Waals surface area contributed by atoms with Crippen LogP contribution in [0.2, 0.25) is 0 Å². The molecular weight excluding hydrogens is 361 g/mol. The van der Waals surface area contributed by atoms with Crippen LogP contribution in [0, 0.1) is 0 Å². The lowest BCUT2D eigenvalue weighted by atomic mass is 10.0. The first kappa shape index (κ1) is 12.7. The van der Waals surface area contributed by atoms with Crippen molar-refractivity contribution in [1.29, 1.82) is 0 Å². The van der Waals surface area contributed by atoms with E-state index in [-0.39, 0.29) is 0 Å². The van der Waals surface area contributed by atoms with Crippen molar-refractivity contribution in [1.82, 2.24) is 0 Å². The van der Waals surface area contributed by atoms with Gasteiger partial charge >= 0.3 is 0 Å². The number of rotatable bonds is 0. The number of fused-ring (bicyclic) bond motifs is 2. The molecule has 98 valence electrons. The number of benzene rings is 1. The normalized spacial score (nSPS) is 21.9. The van der Waals surface area contributed by atoms with E-state index in [1.54, 1.807) is 0 Å². The van der Waals surface area contributed by atoms with Gasteiger partial charge in [-0.05, 0) is 49.3 Å². The maximum absolute atomic E-state index is 12.1. The number of anilines is 1. The van der Waals surface area contributed by atoms with Gasteiger partial charge in [0.15, 0.2) is 9.84 Å². The number of sulfone groups is 1. The van der Waals surface area contributed by atoms with E-state index in [1.807, 2.05) is 6.07 Å². The van der Waals surface area contributed by atoms with E-state index >= 15 is 0 Å². The average molecular weight is 377 g/mol. The number of hydrogen-bond acceptors (Lipinski definition) is 3. The van der Waals surface area contributed by atoms with Crippen molar-refractivity contribution in [3.63, 3.8) is 0 Å². The van der Waals surface area contributed by atoms with Gasteiger partial charge in [-0.15, -0.1) is 0 Å². The van der Waals surface area contributed by atoms with Gasteiger partial charge in [0.1, 0.15) is 0 Å². The van der Waals surface area contributed by atoms with Gasteiger partial charge in [0.25, 0.3) is 0 Å². The molecule has 0 aliphatic carbocycles. The van der Waals surface area contributed by atoms with Gasteiger partial charge in [0.2, 0.25) is 0 Å². The maximum atomic E-state index is 12.1. The second kappa shape index (κ2) is 4.67. The lowest BCUT2D eigenvalue weighted by Crippen LogP contribution is -2.18. The van der Waals surface area contributed by atoms with Crippen molar-refractivity contribution in [2.45, 2.75) is 37.0 Å². The van der Waals surface area contributed by atoms with E-state index in [1.165, 1.54) is 18.4 Å². The van der Waals surface area contributed by atoms with E-state index < -0.39 is 9.84 Å². The van der Waals surface area contributed by atoms with Crippen molar-refractivity contribution in [3.8, 4) is 0 Å². The number of nitrogens with zero attached hydrogens (tertiary/aromatic N) is 1. The molecule has 2 aliphatic rings. The Balaban J connectivity index is 2.19. The minimum Gasteiger partial charge on any atom is -0.314 e. The van der Waals surface area contributed by atoms with Crippen LogP contribution in [0.15, 0.2) is 17.0 Å². The molecule has 0 N–H and O–H groups in total. The van der Waals surface area contributed by atoms with E-state index in [2.05, 4.69) is 32.0 Å². The summed E-state index contributed by atoms with van der Waals surface area (Å²) in [7, 11) is -3.04. The van der Waals surface area contributed by atoms with Gasteiger partial charge < -0.3 is 3.11 Å². The molecule has 0 atom stereocenters. The zero-order valence-corrected chi connectivity index (χ0v) is 13.1. The van der Waals surface area contributed by atoms with E-state index in [4.69, 9.17) is 0 Å². The molecule has 1 aromatic rings. The SMILES string of the molecule is O=S1(=O)CCCc2cc3c(cc21)N(I)CCCC3. The summed E-state index contributed by atoms with van der Waals surface area (Å²) in [6.45, 7) is 1.01. The fraction of sp³-hybridized carbons (Fsp3) is 0.538. The van der Waals surface area contributed by atoms with Gasteiger partial charge in [0, 0.05) is 6.54 Å². The quantitative estimate of drug-likeness (QED) is 0.516. The molecule has 2 heterocycles. The van der Waals surface area contributed by atoms with Crippen LogP contribution in [0.3, 0.4) is 0 Å². The highest BCUT2D eigenvalue weighted by atomic mass is 127. The van der Waals surface area contributed by atoms with Gasteiger partial charge in [0.05, 0.1) is 39.2 Å². The average Bonchev–Trinajstić information content (AvgIpc) is 2.50. The molecule has 0 unspecified atom stereocenters. The number of hydrogen-bond donors (Lipinski definition) is 0. The van der Waals surface area contributed by atoms with Crippen LogP contribution in [0.4, 0.5) is 5.69 Å². The third-order valence-corrected chi connectivity index (χ3v) is 6.65. The monoisotopic (exact) mass is 377 g/mol. The van der Waals surface area contributed by atoms with Crippen LogP contribution in [0.5, 0.6) is 0 Å². The molecule has 0 saturated carbocycles. The minimum atomic E-state index is -3.04. The Hall–Kier alpha value is -0.300. The van der Waals surface area contributed by atoms with Crippen molar-refractivity contribution < 1.29 is 8.42 Å². The molecule has 0 fully saturated rings. The molecule has 3 rings (SSSR count). The Morgan fingerprint density at radius 1 is 1.06 bits per heavy atom. The van der Waals surface area contributed by atoms with Gasteiger partial charge in [-0.1, -0.05) is 6.07 Å². The van der Waals surface area contributed by atoms with Crippen molar-refractivity contribution in [2.75, 3.05) is 15.4 Å². The first-order valence-corrected chi connectivity index (χ1v) is 9.01. The molecule has 0 amide bonds. The predicted molar refractivity (Wildman–Crippen MR) is 81.1 cm³/mol. The minimum absolute atomic E-state index is 0.306. The standard InChI is InChI=1S/C13H16INO2S/c14-15-6-2-1-4-10-8-11-5-3-7-18(16,17)13(11)9-12(10)15/h8-9H,1-7H2. The summed E-state index contributed by atoms with van der Waals surface area (Å²) in [5.74, 6) is 0.306. The third kappa shape index (κ3) is 2.15. The summed E-state index contributed by atoms with van der Waals surface area (Å²) in [5.41, 5.74) is 3.46. The van der Waals surface area contributed by atoms with Crippen LogP contribution in [0.1, 0.15) is 30.4 Å². The molecule has 0 spiro atoms. The molecule has 0 saturated heterocycles. The van der Waals surface area contributed by atoms with Crippen LogP contribution in [-0.4, -0.2) is 20.7 Å². The lowest BCUT2D eigenvalue weighted by molar-refractivity contribution is 0.586. The Kier molecular flexibility index (Phi) is 3.30. The Bertz CT molecular complexity index is 583. The summed E-state index contributed by atoms with van der Waals surface area (Å²) in [6.07, 6.45) is 5.11. The Morgan fingerprint density at radius 3 is 2.67 bits per heavy atom. The van der Waals surface area contributed by atoms with E-state index in [0.29, 0.717) is 10.6 Å². The van der Waals surface area contributed by atoms with Gasteiger partial charge in [-0.2, -0.15) is 0 Å². The summed E-state index contributed by atoms with van der Waals surface area (Å²) < 4.78 is 26.4. The topological polar surface area (TPSA) is 37.4 Å². The van der Waals surface area contributed by atoms with Crippen LogP contribution in [-0.2, 0) is 22.7 Å². The van der Waals surface area contributed by atoms with Crippen molar-refractivity contribution >= 4 is 38.4 Å². The first-order valence-electron chi connectivity index (χ1n) is 6.40. The summed E-state index contributed by atoms with van der Waals surface area (Å²) in [4.78, 5) is 0.580. The fourth-order valence-corrected chi connectivity index (χ4v) is 5.21.